The average Bonchev–Trinajstić information content (AvgIpc) is 2.16. The zero-order chi connectivity index (χ0) is 11.9. The van der Waals surface area contributed by atoms with E-state index in [0.717, 1.165) is 18.2 Å². The molecular weight excluding hydrogens is 262 g/mol. The first-order chi connectivity index (χ1) is 6.94. The van der Waals surface area contributed by atoms with Gasteiger partial charge in [-0.15, -0.1) is 0 Å². The summed E-state index contributed by atoms with van der Waals surface area (Å²) in [5, 5.41) is 3.53. The summed E-state index contributed by atoms with van der Waals surface area (Å²) in [6.45, 7) is 3.25. The van der Waals surface area contributed by atoms with Gasteiger partial charge < -0.3 is 10.1 Å². The molecule has 5 heteroatoms. The first-order valence-corrected chi connectivity index (χ1v) is 6.01. The number of hydrogen-bond acceptors (Lipinski definition) is 3. The summed E-state index contributed by atoms with van der Waals surface area (Å²) in [5.41, 5.74) is -0.944. The van der Waals surface area contributed by atoms with Crippen molar-refractivity contribution in [1.29, 1.82) is 0 Å². The Morgan fingerprint density at radius 3 is 2.40 bits per heavy atom. The molecule has 0 fully saturated rings. The Morgan fingerprint density at radius 2 is 1.93 bits per heavy atom. The van der Waals surface area contributed by atoms with Crippen LogP contribution in [0.2, 0.25) is 0 Å². The molecule has 0 heterocycles. The lowest BCUT2D eigenvalue weighted by Gasteiger charge is -2.22. The number of amides is 1. The molecule has 0 bridgehead atoms. The van der Waals surface area contributed by atoms with Gasteiger partial charge in [0, 0.05) is 11.8 Å². The molecule has 0 aromatic rings. The number of ether oxygens (including phenoxy) is 1. The number of carbonyl (C=O) groups is 2. The second-order valence-corrected chi connectivity index (χ2v) is 4.60. The maximum absolute atomic E-state index is 11.4. The minimum absolute atomic E-state index is 0.119. The molecule has 15 heavy (non-hydrogen) atoms. The first-order valence-electron chi connectivity index (χ1n) is 4.89. The number of halogens is 1. The van der Waals surface area contributed by atoms with E-state index >= 15 is 0 Å². The van der Waals surface area contributed by atoms with Crippen LogP contribution in [0.25, 0.3) is 0 Å². The first kappa shape index (κ1) is 14.4. The van der Waals surface area contributed by atoms with Crippen LogP contribution < -0.4 is 5.32 Å². The minimum atomic E-state index is -0.944. The Bertz CT molecular complexity index is 229. The van der Waals surface area contributed by atoms with Crippen LogP contribution in [0.3, 0.4) is 0 Å². The van der Waals surface area contributed by atoms with E-state index in [4.69, 9.17) is 0 Å². The van der Waals surface area contributed by atoms with E-state index in [1.807, 2.05) is 0 Å². The zero-order valence-corrected chi connectivity index (χ0v) is 11.0. The van der Waals surface area contributed by atoms with E-state index in [-0.39, 0.29) is 5.91 Å². The third kappa shape index (κ3) is 5.77. The number of alkyl halides is 1. The van der Waals surface area contributed by atoms with Crippen LogP contribution in [-0.2, 0) is 14.3 Å². The molecule has 0 aliphatic heterocycles. The molecule has 0 saturated heterocycles. The largest absolute Gasteiger partial charge is 0.467 e. The molecule has 0 aromatic heterocycles. The Morgan fingerprint density at radius 1 is 1.33 bits per heavy atom. The van der Waals surface area contributed by atoms with E-state index in [1.54, 1.807) is 13.8 Å². The van der Waals surface area contributed by atoms with Crippen molar-refractivity contribution in [2.45, 2.75) is 38.6 Å². The summed E-state index contributed by atoms with van der Waals surface area (Å²) in [4.78, 5) is 22.7. The van der Waals surface area contributed by atoms with Crippen LogP contribution in [-0.4, -0.2) is 29.9 Å². The predicted octanol–water partition coefficient (Wildman–Crippen LogP) is 1.62. The molecule has 88 valence electrons. The summed E-state index contributed by atoms with van der Waals surface area (Å²) < 4.78 is 4.58. The number of unbranched alkanes of at least 4 members (excludes halogenated alkanes) is 1. The third-order valence-electron chi connectivity index (χ3n) is 1.94. The van der Waals surface area contributed by atoms with Gasteiger partial charge in [-0.1, -0.05) is 15.9 Å². The molecule has 0 radical (unpaired) electrons. The van der Waals surface area contributed by atoms with Gasteiger partial charge in [0.05, 0.1) is 7.11 Å². The third-order valence-corrected chi connectivity index (χ3v) is 2.50. The molecule has 4 nitrogen and oxygen atoms in total. The van der Waals surface area contributed by atoms with Crippen LogP contribution in [0.5, 0.6) is 0 Å². The van der Waals surface area contributed by atoms with Crippen molar-refractivity contribution in [3.05, 3.63) is 0 Å². The minimum Gasteiger partial charge on any atom is -0.467 e. The van der Waals surface area contributed by atoms with Crippen molar-refractivity contribution in [3.8, 4) is 0 Å². The van der Waals surface area contributed by atoms with Gasteiger partial charge in [-0.05, 0) is 26.7 Å². The number of esters is 1. The number of carbonyl (C=O) groups excluding carboxylic acids is 2. The van der Waals surface area contributed by atoms with Crippen LogP contribution in [0.15, 0.2) is 0 Å². The van der Waals surface area contributed by atoms with E-state index in [2.05, 4.69) is 26.0 Å². The second-order valence-electron chi connectivity index (χ2n) is 3.81. The summed E-state index contributed by atoms with van der Waals surface area (Å²) in [5.74, 6) is -0.553. The molecule has 0 aliphatic rings. The van der Waals surface area contributed by atoms with Crippen LogP contribution in [0.1, 0.15) is 33.1 Å². The quantitative estimate of drug-likeness (QED) is 0.457. The molecule has 1 N–H and O–H groups in total. The van der Waals surface area contributed by atoms with Crippen molar-refractivity contribution in [2.75, 3.05) is 12.4 Å². The lowest BCUT2D eigenvalue weighted by molar-refractivity contribution is -0.149. The Labute approximate surface area is 98.9 Å². The van der Waals surface area contributed by atoms with Gasteiger partial charge in [0.25, 0.3) is 0 Å². The molecule has 0 aromatic carbocycles. The molecule has 1 amide bonds. The molecule has 0 unspecified atom stereocenters. The Hall–Kier alpha value is -0.580. The fraction of sp³-hybridized carbons (Fsp3) is 0.800. The van der Waals surface area contributed by atoms with Gasteiger partial charge in [-0.3, -0.25) is 4.79 Å². The van der Waals surface area contributed by atoms with Crippen molar-refractivity contribution in [3.63, 3.8) is 0 Å². The molecule has 0 atom stereocenters. The van der Waals surface area contributed by atoms with E-state index in [1.165, 1.54) is 7.11 Å². The van der Waals surface area contributed by atoms with Gasteiger partial charge in [0.1, 0.15) is 5.54 Å². The van der Waals surface area contributed by atoms with Gasteiger partial charge in [-0.25, -0.2) is 4.79 Å². The fourth-order valence-electron chi connectivity index (χ4n) is 1.10. The standard InChI is InChI=1S/C10H18BrNO3/c1-10(2,9(14)15-3)12-8(13)6-4-5-7-11/h4-7H2,1-3H3,(H,12,13). The number of rotatable bonds is 6. The SMILES string of the molecule is COC(=O)C(C)(C)NC(=O)CCCCBr. The highest BCUT2D eigenvalue weighted by Gasteiger charge is 2.29. The average molecular weight is 280 g/mol. The normalized spacial score (nSPS) is 10.9. The van der Waals surface area contributed by atoms with Crippen molar-refractivity contribution in [1.82, 2.24) is 5.32 Å². The highest BCUT2D eigenvalue weighted by Crippen LogP contribution is 2.06. The highest BCUT2D eigenvalue weighted by atomic mass is 79.9. The monoisotopic (exact) mass is 279 g/mol. The molecule has 0 spiro atoms. The Kier molecular flexibility index (Phi) is 6.56. The number of nitrogens with one attached hydrogen (secondary N) is 1. The van der Waals surface area contributed by atoms with E-state index in [9.17, 15) is 9.59 Å². The maximum Gasteiger partial charge on any atom is 0.330 e. The lowest BCUT2D eigenvalue weighted by Crippen LogP contribution is -2.50. The van der Waals surface area contributed by atoms with Crippen molar-refractivity contribution < 1.29 is 14.3 Å². The van der Waals surface area contributed by atoms with Crippen LogP contribution in [0.4, 0.5) is 0 Å². The highest BCUT2D eigenvalue weighted by molar-refractivity contribution is 9.09. The zero-order valence-electron chi connectivity index (χ0n) is 9.43. The second kappa shape index (κ2) is 6.82. The van der Waals surface area contributed by atoms with E-state index < -0.39 is 11.5 Å². The fourth-order valence-corrected chi connectivity index (χ4v) is 1.49. The maximum atomic E-state index is 11.4. The topological polar surface area (TPSA) is 55.4 Å². The number of methoxy groups -OCH3 is 1. The summed E-state index contributed by atoms with van der Waals surface area (Å²) in [6, 6.07) is 0. The predicted molar refractivity (Wildman–Crippen MR) is 61.9 cm³/mol. The Balaban J connectivity index is 3.99. The summed E-state index contributed by atoms with van der Waals surface area (Å²) >= 11 is 3.29. The summed E-state index contributed by atoms with van der Waals surface area (Å²) in [6.07, 6.45) is 2.20. The molecule has 0 aliphatic carbocycles. The van der Waals surface area contributed by atoms with Crippen LogP contribution >= 0.6 is 15.9 Å². The smallest absolute Gasteiger partial charge is 0.330 e. The van der Waals surface area contributed by atoms with Gasteiger partial charge in [0.15, 0.2) is 0 Å². The van der Waals surface area contributed by atoms with Gasteiger partial charge >= 0.3 is 5.97 Å². The molecule has 0 saturated carbocycles. The van der Waals surface area contributed by atoms with Gasteiger partial charge in [-0.2, -0.15) is 0 Å². The number of hydrogen-bond donors (Lipinski definition) is 1. The molecular formula is C10H18BrNO3. The van der Waals surface area contributed by atoms with Crippen LogP contribution in [0, 0.1) is 0 Å². The summed E-state index contributed by atoms with van der Waals surface area (Å²) in [7, 11) is 1.31. The van der Waals surface area contributed by atoms with Crippen molar-refractivity contribution >= 4 is 27.8 Å². The lowest BCUT2D eigenvalue weighted by atomic mass is 10.1. The van der Waals surface area contributed by atoms with Crippen molar-refractivity contribution in [2.24, 2.45) is 0 Å². The van der Waals surface area contributed by atoms with E-state index in [0.29, 0.717) is 6.42 Å². The van der Waals surface area contributed by atoms with Gasteiger partial charge in [0.2, 0.25) is 5.91 Å². The molecule has 0 rings (SSSR count).